The molecule has 0 spiro atoms. The molecule has 0 aromatic heterocycles. The Morgan fingerprint density at radius 3 is 2.81 bits per heavy atom. The van der Waals surface area contributed by atoms with Crippen LogP contribution in [0.4, 0.5) is 0 Å². The number of hydrogen-bond donors (Lipinski definition) is 3. The number of hydrazone groups is 1. The lowest BCUT2D eigenvalue weighted by Gasteiger charge is -2.02. The van der Waals surface area contributed by atoms with Crippen molar-refractivity contribution in [1.29, 1.82) is 0 Å². The average molecular weight is 396 g/mol. The first-order valence-electron chi connectivity index (χ1n) is 6.13. The Morgan fingerprint density at radius 1 is 1.24 bits per heavy atom. The van der Waals surface area contributed by atoms with Crippen LogP contribution in [0, 0.1) is 3.57 Å². The summed E-state index contributed by atoms with van der Waals surface area (Å²) in [4.78, 5) is 11.7. The van der Waals surface area contributed by atoms with E-state index >= 15 is 0 Å². The number of benzene rings is 2. The summed E-state index contributed by atoms with van der Waals surface area (Å²) in [6.07, 6.45) is 1.50. The molecule has 0 heterocycles. The molecule has 2 aromatic rings. The zero-order chi connectivity index (χ0) is 15.2. The Kier molecular flexibility index (Phi) is 5.15. The summed E-state index contributed by atoms with van der Waals surface area (Å²) >= 11 is 2.12. The molecule has 2 aromatic carbocycles. The number of carbonyl (C=O) groups is 1. The highest BCUT2D eigenvalue weighted by molar-refractivity contribution is 14.1. The number of halogens is 1. The normalized spacial score (nSPS) is 10.7. The van der Waals surface area contributed by atoms with Crippen molar-refractivity contribution >= 4 is 34.7 Å². The Balaban J connectivity index is 1.94. The van der Waals surface area contributed by atoms with Gasteiger partial charge in [-0.15, -0.1) is 0 Å². The summed E-state index contributed by atoms with van der Waals surface area (Å²) in [5.74, 6) is -0.0871. The minimum atomic E-state index is -0.304. The van der Waals surface area contributed by atoms with E-state index in [1.807, 2.05) is 0 Å². The van der Waals surface area contributed by atoms with Gasteiger partial charge in [-0.25, -0.2) is 5.43 Å². The van der Waals surface area contributed by atoms with E-state index in [2.05, 4.69) is 33.1 Å². The second kappa shape index (κ2) is 7.07. The fraction of sp³-hybridized carbons (Fsp3) is 0.0667. The molecule has 0 unspecified atom stereocenters. The molecule has 0 radical (unpaired) electrons. The zero-order valence-corrected chi connectivity index (χ0v) is 13.1. The summed E-state index contributed by atoms with van der Waals surface area (Å²) in [5, 5.41) is 22.8. The molecule has 3 N–H and O–H groups in total. The van der Waals surface area contributed by atoms with Crippen LogP contribution < -0.4 is 5.43 Å². The van der Waals surface area contributed by atoms with Crippen molar-refractivity contribution in [2.24, 2.45) is 5.10 Å². The first kappa shape index (κ1) is 15.3. The van der Waals surface area contributed by atoms with Gasteiger partial charge in [-0.2, -0.15) is 5.10 Å². The third kappa shape index (κ3) is 4.75. The van der Waals surface area contributed by atoms with Crippen LogP contribution in [-0.4, -0.2) is 22.3 Å². The quantitative estimate of drug-likeness (QED) is 0.422. The molecule has 0 atom stereocenters. The number of phenols is 2. The van der Waals surface area contributed by atoms with Crippen LogP contribution in [0.25, 0.3) is 0 Å². The number of amides is 1. The highest BCUT2D eigenvalue weighted by atomic mass is 127. The van der Waals surface area contributed by atoms with Gasteiger partial charge in [-0.05, 0) is 58.5 Å². The lowest BCUT2D eigenvalue weighted by Crippen LogP contribution is -2.19. The van der Waals surface area contributed by atoms with E-state index in [1.165, 1.54) is 12.3 Å². The molecule has 6 heteroatoms. The van der Waals surface area contributed by atoms with Crippen molar-refractivity contribution in [3.63, 3.8) is 0 Å². The fourth-order valence-corrected chi connectivity index (χ4v) is 2.21. The lowest BCUT2D eigenvalue weighted by atomic mass is 10.1. The van der Waals surface area contributed by atoms with Gasteiger partial charge in [0.15, 0.2) is 0 Å². The molecule has 0 fully saturated rings. The number of carbonyl (C=O) groups excluding carboxylic acids is 1. The van der Waals surface area contributed by atoms with E-state index in [0.717, 1.165) is 3.57 Å². The largest absolute Gasteiger partial charge is 0.508 e. The molecule has 0 aliphatic rings. The van der Waals surface area contributed by atoms with Crippen molar-refractivity contribution < 1.29 is 15.0 Å². The molecular weight excluding hydrogens is 383 g/mol. The maximum Gasteiger partial charge on any atom is 0.244 e. The van der Waals surface area contributed by atoms with E-state index in [-0.39, 0.29) is 23.8 Å². The van der Waals surface area contributed by atoms with Crippen molar-refractivity contribution in [2.45, 2.75) is 6.42 Å². The predicted molar refractivity (Wildman–Crippen MR) is 88.4 cm³/mol. The Labute approximate surface area is 135 Å². The molecule has 108 valence electrons. The second-order valence-electron chi connectivity index (χ2n) is 4.34. The Morgan fingerprint density at radius 2 is 2.05 bits per heavy atom. The average Bonchev–Trinajstić information content (AvgIpc) is 2.42. The van der Waals surface area contributed by atoms with Crippen LogP contribution in [0.15, 0.2) is 47.6 Å². The van der Waals surface area contributed by atoms with Crippen LogP contribution in [0.3, 0.4) is 0 Å². The fourth-order valence-electron chi connectivity index (χ4n) is 1.69. The highest BCUT2D eigenvalue weighted by Gasteiger charge is 2.03. The Hall–Kier alpha value is -2.09. The van der Waals surface area contributed by atoms with Crippen LogP contribution in [0.1, 0.15) is 11.1 Å². The third-order valence-electron chi connectivity index (χ3n) is 2.66. The van der Waals surface area contributed by atoms with Gasteiger partial charge < -0.3 is 10.2 Å². The predicted octanol–water partition coefficient (Wildman–Crippen LogP) is 2.40. The van der Waals surface area contributed by atoms with Crippen LogP contribution in [-0.2, 0) is 11.2 Å². The van der Waals surface area contributed by atoms with Gasteiger partial charge in [0.05, 0.1) is 12.6 Å². The summed E-state index contributed by atoms with van der Waals surface area (Å²) in [7, 11) is 0. The molecule has 0 bridgehead atoms. The lowest BCUT2D eigenvalue weighted by molar-refractivity contribution is -0.120. The number of phenolic OH excluding ortho intramolecular Hbond substituents is 2. The van der Waals surface area contributed by atoms with E-state index in [4.69, 9.17) is 0 Å². The number of nitrogens with one attached hydrogen (secondary N) is 1. The van der Waals surface area contributed by atoms with Crippen LogP contribution in [0.5, 0.6) is 11.5 Å². The zero-order valence-electron chi connectivity index (χ0n) is 11.0. The molecule has 2 rings (SSSR count). The van der Waals surface area contributed by atoms with Gasteiger partial charge in [0.25, 0.3) is 0 Å². The number of nitrogens with zero attached hydrogens (tertiary/aromatic N) is 1. The summed E-state index contributed by atoms with van der Waals surface area (Å²) in [5.41, 5.74) is 3.60. The van der Waals surface area contributed by atoms with Crippen LogP contribution in [0.2, 0.25) is 0 Å². The van der Waals surface area contributed by atoms with Gasteiger partial charge in [-0.1, -0.05) is 12.1 Å². The van der Waals surface area contributed by atoms with Gasteiger partial charge >= 0.3 is 0 Å². The van der Waals surface area contributed by atoms with E-state index in [1.54, 1.807) is 36.4 Å². The molecular formula is C15H13IN2O3. The minimum absolute atomic E-state index is 0.0985. The van der Waals surface area contributed by atoms with Crippen molar-refractivity contribution in [2.75, 3.05) is 0 Å². The van der Waals surface area contributed by atoms with Gasteiger partial charge in [-0.3, -0.25) is 4.79 Å². The monoisotopic (exact) mass is 396 g/mol. The SMILES string of the molecule is O=C(Cc1cccc(O)c1)N/N=C/c1cc(I)ccc1O. The standard InChI is InChI=1S/C15H13IN2O3/c16-12-4-5-14(20)11(8-12)9-17-18-15(21)7-10-2-1-3-13(19)6-10/h1-6,8-9,19-20H,7H2,(H,18,21)/b17-9+. The molecule has 0 aliphatic heterocycles. The topological polar surface area (TPSA) is 81.9 Å². The molecule has 0 saturated heterocycles. The molecule has 1 amide bonds. The van der Waals surface area contributed by atoms with Crippen molar-refractivity contribution in [3.8, 4) is 11.5 Å². The van der Waals surface area contributed by atoms with E-state index in [0.29, 0.717) is 11.1 Å². The first-order valence-corrected chi connectivity index (χ1v) is 7.21. The van der Waals surface area contributed by atoms with Gasteiger partial charge in [0.2, 0.25) is 5.91 Å². The third-order valence-corrected chi connectivity index (χ3v) is 3.33. The Bertz CT molecular complexity index is 686. The van der Waals surface area contributed by atoms with E-state index < -0.39 is 0 Å². The molecule has 0 aliphatic carbocycles. The number of aromatic hydroxyl groups is 2. The summed E-state index contributed by atoms with van der Waals surface area (Å²) in [6, 6.07) is 11.6. The maximum absolute atomic E-state index is 11.7. The summed E-state index contributed by atoms with van der Waals surface area (Å²) in [6.45, 7) is 0. The summed E-state index contributed by atoms with van der Waals surface area (Å²) < 4.78 is 0.956. The van der Waals surface area contributed by atoms with Crippen molar-refractivity contribution in [1.82, 2.24) is 5.43 Å². The molecule has 0 saturated carbocycles. The van der Waals surface area contributed by atoms with E-state index in [9.17, 15) is 15.0 Å². The molecule has 5 nitrogen and oxygen atoms in total. The first-order chi connectivity index (χ1) is 10.0. The van der Waals surface area contributed by atoms with Gasteiger partial charge in [0.1, 0.15) is 11.5 Å². The maximum atomic E-state index is 11.7. The highest BCUT2D eigenvalue weighted by Crippen LogP contribution is 2.17. The number of hydrogen-bond acceptors (Lipinski definition) is 4. The van der Waals surface area contributed by atoms with Crippen molar-refractivity contribution in [3.05, 3.63) is 57.2 Å². The minimum Gasteiger partial charge on any atom is -0.508 e. The van der Waals surface area contributed by atoms with Crippen LogP contribution >= 0.6 is 22.6 Å². The molecule has 21 heavy (non-hydrogen) atoms. The second-order valence-corrected chi connectivity index (χ2v) is 5.59. The number of rotatable bonds is 4. The smallest absolute Gasteiger partial charge is 0.244 e. The van der Waals surface area contributed by atoms with Gasteiger partial charge in [0, 0.05) is 9.13 Å².